The Balaban J connectivity index is 1.40. The Morgan fingerprint density at radius 1 is 1.11 bits per heavy atom. The van der Waals surface area contributed by atoms with Crippen molar-refractivity contribution in [3.05, 3.63) is 30.1 Å². The number of urea groups is 1. The Hall–Kier alpha value is -2.15. The van der Waals surface area contributed by atoms with E-state index in [1.54, 1.807) is 12.1 Å². The highest BCUT2D eigenvalue weighted by molar-refractivity contribution is 5.95. The molecule has 7 heteroatoms. The second-order valence-corrected chi connectivity index (χ2v) is 7.60. The van der Waals surface area contributed by atoms with Gasteiger partial charge in [0.25, 0.3) is 0 Å². The van der Waals surface area contributed by atoms with Gasteiger partial charge in [-0.3, -0.25) is 15.0 Å². The Morgan fingerprint density at radius 2 is 1.81 bits per heavy atom. The number of nitrogens with one attached hydrogen (secondary N) is 2. The standard InChI is InChI=1S/C20H29FN4O2/c1-15-6-2-4-8-17(15)22-20(27)23-19(26)14-24-10-12-25(13-11-24)18-9-5-3-7-16(18)21/h3,5,7,9,15,17H,2,4,6,8,10-14H2,1H3,(H2,22,23,26,27). The number of hydrogen-bond donors (Lipinski definition) is 2. The molecule has 148 valence electrons. The molecular weight excluding hydrogens is 347 g/mol. The van der Waals surface area contributed by atoms with Crippen molar-refractivity contribution in [3.8, 4) is 0 Å². The summed E-state index contributed by atoms with van der Waals surface area (Å²) in [6.07, 6.45) is 4.42. The Bertz CT molecular complexity index is 661. The number of para-hydroxylation sites is 1. The van der Waals surface area contributed by atoms with E-state index in [-0.39, 0.29) is 24.3 Å². The molecule has 1 aliphatic heterocycles. The summed E-state index contributed by atoms with van der Waals surface area (Å²) in [6.45, 7) is 4.94. The first-order valence-corrected chi connectivity index (χ1v) is 9.85. The molecule has 2 aliphatic rings. The van der Waals surface area contributed by atoms with Gasteiger partial charge in [-0.2, -0.15) is 0 Å². The molecular formula is C20H29FN4O2. The SMILES string of the molecule is CC1CCCCC1NC(=O)NC(=O)CN1CCN(c2ccccc2F)CC1. The molecule has 0 spiro atoms. The lowest BCUT2D eigenvalue weighted by atomic mass is 9.86. The summed E-state index contributed by atoms with van der Waals surface area (Å²) in [5, 5.41) is 5.38. The first kappa shape index (κ1) is 19.6. The largest absolute Gasteiger partial charge is 0.367 e. The minimum Gasteiger partial charge on any atom is -0.367 e. The van der Waals surface area contributed by atoms with Crippen molar-refractivity contribution in [1.82, 2.24) is 15.5 Å². The molecule has 2 atom stereocenters. The van der Waals surface area contributed by atoms with Crippen molar-refractivity contribution >= 4 is 17.6 Å². The summed E-state index contributed by atoms with van der Waals surface area (Å²) in [5.41, 5.74) is 0.600. The van der Waals surface area contributed by atoms with Crippen LogP contribution in [0.4, 0.5) is 14.9 Å². The zero-order valence-corrected chi connectivity index (χ0v) is 15.9. The molecule has 1 saturated carbocycles. The summed E-state index contributed by atoms with van der Waals surface area (Å²) in [5.74, 6) is -0.0707. The van der Waals surface area contributed by atoms with E-state index in [0.717, 1.165) is 19.3 Å². The average Bonchev–Trinajstić information content (AvgIpc) is 2.65. The van der Waals surface area contributed by atoms with Gasteiger partial charge in [0.2, 0.25) is 5.91 Å². The van der Waals surface area contributed by atoms with Gasteiger partial charge >= 0.3 is 6.03 Å². The molecule has 2 unspecified atom stereocenters. The van der Waals surface area contributed by atoms with E-state index < -0.39 is 6.03 Å². The molecule has 27 heavy (non-hydrogen) atoms. The average molecular weight is 376 g/mol. The number of piperazine rings is 1. The quantitative estimate of drug-likeness (QED) is 0.847. The van der Waals surface area contributed by atoms with Gasteiger partial charge in [0.05, 0.1) is 12.2 Å². The molecule has 6 nitrogen and oxygen atoms in total. The number of imide groups is 1. The zero-order valence-electron chi connectivity index (χ0n) is 15.9. The van der Waals surface area contributed by atoms with E-state index in [4.69, 9.17) is 0 Å². The third kappa shape index (κ3) is 5.42. The predicted octanol–water partition coefficient (Wildman–Crippen LogP) is 2.35. The first-order chi connectivity index (χ1) is 13.0. The highest BCUT2D eigenvalue weighted by Crippen LogP contribution is 2.23. The van der Waals surface area contributed by atoms with Gasteiger partial charge in [-0.05, 0) is 30.9 Å². The number of halogens is 1. The van der Waals surface area contributed by atoms with Gasteiger partial charge in [-0.25, -0.2) is 9.18 Å². The van der Waals surface area contributed by atoms with Gasteiger partial charge in [-0.15, -0.1) is 0 Å². The summed E-state index contributed by atoms with van der Waals surface area (Å²) in [4.78, 5) is 28.2. The maximum Gasteiger partial charge on any atom is 0.321 e. The van der Waals surface area contributed by atoms with E-state index in [0.29, 0.717) is 37.8 Å². The van der Waals surface area contributed by atoms with Crippen LogP contribution in [-0.4, -0.2) is 55.6 Å². The van der Waals surface area contributed by atoms with Gasteiger partial charge in [0.15, 0.2) is 0 Å². The van der Waals surface area contributed by atoms with Gasteiger partial charge in [-0.1, -0.05) is 31.9 Å². The number of carbonyl (C=O) groups is 2. The fraction of sp³-hybridized carbons (Fsp3) is 0.600. The van der Waals surface area contributed by atoms with Gasteiger partial charge in [0, 0.05) is 32.2 Å². The van der Waals surface area contributed by atoms with Crippen LogP contribution in [0.25, 0.3) is 0 Å². The van der Waals surface area contributed by atoms with Crippen molar-refractivity contribution in [2.45, 2.75) is 38.6 Å². The summed E-state index contributed by atoms with van der Waals surface area (Å²) >= 11 is 0. The number of carbonyl (C=O) groups excluding carboxylic acids is 2. The minimum atomic E-state index is -0.399. The number of benzene rings is 1. The number of hydrogen-bond acceptors (Lipinski definition) is 4. The lowest BCUT2D eigenvalue weighted by Gasteiger charge is -2.35. The molecule has 0 aromatic heterocycles. The summed E-state index contributed by atoms with van der Waals surface area (Å²) in [7, 11) is 0. The van der Waals surface area contributed by atoms with Crippen LogP contribution < -0.4 is 15.5 Å². The van der Waals surface area contributed by atoms with Crippen molar-refractivity contribution in [2.24, 2.45) is 5.92 Å². The molecule has 1 aromatic carbocycles. The van der Waals surface area contributed by atoms with Crippen LogP contribution >= 0.6 is 0 Å². The maximum atomic E-state index is 13.9. The lowest BCUT2D eigenvalue weighted by Crippen LogP contribution is -2.52. The highest BCUT2D eigenvalue weighted by Gasteiger charge is 2.25. The van der Waals surface area contributed by atoms with Crippen molar-refractivity contribution < 1.29 is 14.0 Å². The minimum absolute atomic E-state index is 0.149. The molecule has 3 rings (SSSR count). The van der Waals surface area contributed by atoms with Crippen molar-refractivity contribution in [2.75, 3.05) is 37.6 Å². The molecule has 3 amide bonds. The van der Waals surface area contributed by atoms with Crippen LogP contribution in [0, 0.1) is 11.7 Å². The zero-order chi connectivity index (χ0) is 19.2. The number of amides is 3. The van der Waals surface area contributed by atoms with Crippen LogP contribution in [0.3, 0.4) is 0 Å². The van der Waals surface area contributed by atoms with Gasteiger partial charge < -0.3 is 10.2 Å². The smallest absolute Gasteiger partial charge is 0.321 e. The van der Waals surface area contributed by atoms with Crippen molar-refractivity contribution in [3.63, 3.8) is 0 Å². The van der Waals surface area contributed by atoms with Gasteiger partial charge in [0.1, 0.15) is 5.82 Å². The van der Waals surface area contributed by atoms with E-state index in [2.05, 4.69) is 17.6 Å². The normalized spacial score (nSPS) is 23.7. The lowest BCUT2D eigenvalue weighted by molar-refractivity contribution is -0.121. The molecule has 1 aliphatic carbocycles. The molecule has 1 saturated heterocycles. The van der Waals surface area contributed by atoms with E-state index in [9.17, 15) is 14.0 Å². The molecule has 1 aromatic rings. The predicted molar refractivity (Wildman–Crippen MR) is 103 cm³/mol. The summed E-state index contributed by atoms with van der Waals surface area (Å²) in [6, 6.07) is 6.48. The van der Waals surface area contributed by atoms with Crippen LogP contribution in [0.2, 0.25) is 0 Å². The monoisotopic (exact) mass is 376 g/mol. The Morgan fingerprint density at radius 3 is 2.52 bits per heavy atom. The number of anilines is 1. The maximum absolute atomic E-state index is 13.9. The number of rotatable bonds is 4. The van der Waals surface area contributed by atoms with Crippen LogP contribution in [0.1, 0.15) is 32.6 Å². The molecule has 2 N–H and O–H groups in total. The highest BCUT2D eigenvalue weighted by atomic mass is 19.1. The van der Waals surface area contributed by atoms with E-state index in [1.807, 2.05) is 15.9 Å². The Labute approximate surface area is 160 Å². The third-order valence-corrected chi connectivity index (χ3v) is 5.61. The fourth-order valence-corrected chi connectivity index (χ4v) is 3.96. The third-order valence-electron chi connectivity index (χ3n) is 5.61. The van der Waals surface area contributed by atoms with Crippen molar-refractivity contribution in [1.29, 1.82) is 0 Å². The van der Waals surface area contributed by atoms with Crippen LogP contribution in [0.5, 0.6) is 0 Å². The molecule has 0 bridgehead atoms. The van der Waals surface area contributed by atoms with Crippen LogP contribution in [-0.2, 0) is 4.79 Å². The van der Waals surface area contributed by atoms with Crippen LogP contribution in [0.15, 0.2) is 24.3 Å². The van der Waals surface area contributed by atoms with E-state index >= 15 is 0 Å². The second kappa shape index (κ2) is 9.17. The molecule has 1 heterocycles. The first-order valence-electron chi connectivity index (χ1n) is 9.85. The fourth-order valence-electron chi connectivity index (χ4n) is 3.96. The Kier molecular flexibility index (Phi) is 6.66. The summed E-state index contributed by atoms with van der Waals surface area (Å²) < 4.78 is 13.9. The number of nitrogens with zero attached hydrogens (tertiary/aromatic N) is 2. The molecule has 2 fully saturated rings. The molecule has 0 radical (unpaired) electrons. The second-order valence-electron chi connectivity index (χ2n) is 7.60. The van der Waals surface area contributed by atoms with E-state index in [1.165, 1.54) is 12.5 Å². The topological polar surface area (TPSA) is 64.7 Å².